The van der Waals surface area contributed by atoms with Crippen molar-refractivity contribution < 1.29 is 9.53 Å². The number of aliphatic imine (C=N–C) groups is 1. The zero-order valence-electron chi connectivity index (χ0n) is 13.3. The maximum atomic E-state index is 12.3. The molecule has 2 aliphatic rings. The van der Waals surface area contributed by atoms with Crippen molar-refractivity contribution in [3.63, 3.8) is 0 Å². The third kappa shape index (κ3) is 5.12. The zero-order chi connectivity index (χ0) is 15.1. The van der Waals surface area contributed by atoms with Crippen LogP contribution in [0.1, 0.15) is 19.8 Å². The number of nitrogens with one attached hydrogen (secondary N) is 1. The van der Waals surface area contributed by atoms with Gasteiger partial charge >= 0.3 is 0 Å². The van der Waals surface area contributed by atoms with Crippen molar-refractivity contribution in [2.45, 2.75) is 25.9 Å². The molecule has 1 amide bonds. The van der Waals surface area contributed by atoms with Crippen LogP contribution in [0.5, 0.6) is 0 Å². The number of hydrogen-bond donors (Lipinski definition) is 1. The standard InChI is InChI=1S/C15H26N4O2.HI/c1-3-7-17-15(16-4-2)19-10-8-18(9-11-19)14(20)13-6-5-12-21-13;/h3,13H,1,4-12H2,2H3,(H,16,17);1H. The summed E-state index contributed by atoms with van der Waals surface area (Å²) in [6, 6.07) is 0. The van der Waals surface area contributed by atoms with E-state index in [0.29, 0.717) is 6.54 Å². The second-order valence-electron chi connectivity index (χ2n) is 5.30. The fourth-order valence-electron chi connectivity index (χ4n) is 2.69. The van der Waals surface area contributed by atoms with E-state index in [-0.39, 0.29) is 36.0 Å². The Morgan fingerprint density at radius 3 is 2.59 bits per heavy atom. The molecular weight excluding hydrogens is 395 g/mol. The summed E-state index contributed by atoms with van der Waals surface area (Å²) in [6.07, 6.45) is 3.44. The fraction of sp³-hybridized carbons (Fsp3) is 0.733. The molecule has 7 heteroatoms. The fourth-order valence-corrected chi connectivity index (χ4v) is 2.69. The Labute approximate surface area is 150 Å². The molecule has 2 fully saturated rings. The van der Waals surface area contributed by atoms with Gasteiger partial charge in [-0.1, -0.05) is 6.08 Å². The van der Waals surface area contributed by atoms with Gasteiger partial charge in [0.25, 0.3) is 5.91 Å². The number of hydrogen-bond acceptors (Lipinski definition) is 3. The maximum absolute atomic E-state index is 12.3. The quantitative estimate of drug-likeness (QED) is 0.319. The van der Waals surface area contributed by atoms with Crippen LogP contribution in [0.3, 0.4) is 0 Å². The first-order valence-corrected chi connectivity index (χ1v) is 7.80. The summed E-state index contributed by atoms with van der Waals surface area (Å²) in [4.78, 5) is 20.9. The highest BCUT2D eigenvalue weighted by Crippen LogP contribution is 2.16. The molecule has 2 aliphatic heterocycles. The first-order chi connectivity index (χ1) is 10.3. The van der Waals surface area contributed by atoms with Crippen LogP contribution in [0.15, 0.2) is 17.6 Å². The van der Waals surface area contributed by atoms with Crippen LogP contribution in [0, 0.1) is 0 Å². The van der Waals surface area contributed by atoms with Gasteiger partial charge in [-0.05, 0) is 19.8 Å². The Hall–Kier alpha value is -0.830. The predicted octanol–water partition coefficient (Wildman–Crippen LogP) is 1.08. The molecule has 2 rings (SSSR count). The van der Waals surface area contributed by atoms with E-state index in [1.807, 2.05) is 4.90 Å². The van der Waals surface area contributed by atoms with Crippen LogP contribution in [0.4, 0.5) is 0 Å². The van der Waals surface area contributed by atoms with Gasteiger partial charge in [0.05, 0.1) is 6.54 Å². The molecule has 0 radical (unpaired) electrons. The van der Waals surface area contributed by atoms with Crippen LogP contribution < -0.4 is 5.32 Å². The molecular formula is C15H27IN4O2. The molecule has 0 saturated carbocycles. The van der Waals surface area contributed by atoms with Gasteiger partial charge in [0.2, 0.25) is 0 Å². The lowest BCUT2D eigenvalue weighted by Crippen LogP contribution is -2.55. The van der Waals surface area contributed by atoms with Gasteiger partial charge in [-0.15, -0.1) is 30.6 Å². The average Bonchev–Trinajstić information content (AvgIpc) is 3.05. The molecule has 6 nitrogen and oxygen atoms in total. The first-order valence-electron chi connectivity index (χ1n) is 7.80. The molecule has 0 aromatic carbocycles. The molecule has 0 bridgehead atoms. The summed E-state index contributed by atoms with van der Waals surface area (Å²) in [5.74, 6) is 1.06. The number of carbonyl (C=O) groups excluding carboxylic acids is 1. The van der Waals surface area contributed by atoms with E-state index in [1.54, 1.807) is 6.08 Å². The third-order valence-corrected chi connectivity index (χ3v) is 3.80. The largest absolute Gasteiger partial charge is 0.368 e. The van der Waals surface area contributed by atoms with Gasteiger partial charge in [0.15, 0.2) is 5.96 Å². The van der Waals surface area contributed by atoms with Crippen molar-refractivity contribution in [3.8, 4) is 0 Å². The monoisotopic (exact) mass is 422 g/mol. The van der Waals surface area contributed by atoms with Gasteiger partial charge in [-0.25, -0.2) is 4.99 Å². The SMILES string of the molecule is C=CCN=C(NCC)N1CCN(C(=O)C2CCCO2)CC1.I. The van der Waals surface area contributed by atoms with E-state index in [4.69, 9.17) is 4.74 Å². The number of amides is 1. The molecule has 2 heterocycles. The first kappa shape index (κ1) is 19.2. The number of halogens is 1. The van der Waals surface area contributed by atoms with Gasteiger partial charge in [-0.2, -0.15) is 0 Å². The van der Waals surface area contributed by atoms with Crippen molar-refractivity contribution in [3.05, 3.63) is 12.7 Å². The van der Waals surface area contributed by atoms with Crippen LogP contribution in [-0.4, -0.2) is 73.6 Å². The molecule has 0 spiro atoms. The Bertz CT molecular complexity index is 389. The molecule has 22 heavy (non-hydrogen) atoms. The van der Waals surface area contributed by atoms with Crippen LogP contribution in [-0.2, 0) is 9.53 Å². The van der Waals surface area contributed by atoms with E-state index >= 15 is 0 Å². The van der Waals surface area contributed by atoms with E-state index in [1.165, 1.54) is 0 Å². The van der Waals surface area contributed by atoms with Crippen molar-refractivity contribution in [1.29, 1.82) is 0 Å². The Kier molecular flexibility index (Phi) is 8.77. The van der Waals surface area contributed by atoms with Crippen molar-refractivity contribution in [2.75, 3.05) is 45.9 Å². The molecule has 1 atom stereocenters. The summed E-state index contributed by atoms with van der Waals surface area (Å²) in [5, 5.41) is 3.29. The minimum absolute atomic E-state index is 0. The lowest BCUT2D eigenvalue weighted by Gasteiger charge is -2.37. The second-order valence-corrected chi connectivity index (χ2v) is 5.30. The van der Waals surface area contributed by atoms with Crippen molar-refractivity contribution in [1.82, 2.24) is 15.1 Å². The number of piperazine rings is 1. The number of ether oxygens (including phenoxy) is 1. The Balaban J connectivity index is 0.00000242. The number of carbonyl (C=O) groups is 1. The number of guanidine groups is 1. The summed E-state index contributed by atoms with van der Waals surface area (Å²) in [5.41, 5.74) is 0. The topological polar surface area (TPSA) is 57.2 Å². The molecule has 0 aromatic rings. The van der Waals surface area contributed by atoms with Gasteiger partial charge in [0, 0.05) is 39.3 Å². The summed E-state index contributed by atoms with van der Waals surface area (Å²) in [6.45, 7) is 11.0. The Morgan fingerprint density at radius 2 is 2.05 bits per heavy atom. The Morgan fingerprint density at radius 1 is 1.36 bits per heavy atom. The summed E-state index contributed by atoms with van der Waals surface area (Å²) >= 11 is 0. The minimum Gasteiger partial charge on any atom is -0.368 e. The van der Waals surface area contributed by atoms with Crippen LogP contribution in [0.2, 0.25) is 0 Å². The predicted molar refractivity (Wildman–Crippen MR) is 98.7 cm³/mol. The van der Waals surface area contributed by atoms with E-state index in [2.05, 4.69) is 28.7 Å². The molecule has 126 valence electrons. The molecule has 0 aliphatic carbocycles. The highest BCUT2D eigenvalue weighted by atomic mass is 127. The smallest absolute Gasteiger partial charge is 0.251 e. The number of nitrogens with zero attached hydrogens (tertiary/aromatic N) is 3. The van der Waals surface area contributed by atoms with Gasteiger partial charge in [-0.3, -0.25) is 4.79 Å². The lowest BCUT2D eigenvalue weighted by molar-refractivity contribution is -0.142. The summed E-state index contributed by atoms with van der Waals surface area (Å²) < 4.78 is 5.48. The zero-order valence-corrected chi connectivity index (χ0v) is 15.6. The van der Waals surface area contributed by atoms with Crippen molar-refractivity contribution in [2.24, 2.45) is 4.99 Å². The van der Waals surface area contributed by atoms with Crippen molar-refractivity contribution >= 4 is 35.8 Å². The van der Waals surface area contributed by atoms with Gasteiger partial charge in [0.1, 0.15) is 6.10 Å². The second kappa shape index (κ2) is 10.0. The molecule has 1 N–H and O–H groups in total. The highest BCUT2D eigenvalue weighted by molar-refractivity contribution is 14.0. The molecule has 1 unspecified atom stereocenters. The maximum Gasteiger partial charge on any atom is 0.251 e. The lowest BCUT2D eigenvalue weighted by atomic mass is 10.2. The number of rotatable bonds is 4. The molecule has 0 aromatic heterocycles. The van der Waals surface area contributed by atoms with Crippen LogP contribution in [0.25, 0.3) is 0 Å². The van der Waals surface area contributed by atoms with E-state index < -0.39 is 0 Å². The van der Waals surface area contributed by atoms with E-state index in [9.17, 15) is 4.79 Å². The molecule has 2 saturated heterocycles. The van der Waals surface area contributed by atoms with E-state index in [0.717, 1.165) is 58.1 Å². The van der Waals surface area contributed by atoms with Gasteiger partial charge < -0.3 is 19.9 Å². The average molecular weight is 422 g/mol. The summed E-state index contributed by atoms with van der Waals surface area (Å²) in [7, 11) is 0. The van der Waals surface area contributed by atoms with Crippen LogP contribution >= 0.6 is 24.0 Å². The minimum atomic E-state index is -0.209. The highest BCUT2D eigenvalue weighted by Gasteiger charge is 2.30. The normalized spacial score (nSPS) is 22.2. The third-order valence-electron chi connectivity index (χ3n) is 3.80.